The van der Waals surface area contributed by atoms with Gasteiger partial charge in [-0.05, 0) is 23.8 Å². The number of nitrogens with one attached hydrogen (secondary N) is 2. The maximum atomic E-state index is 13.0. The number of pyridine rings is 1. The molecule has 0 saturated heterocycles. The summed E-state index contributed by atoms with van der Waals surface area (Å²) >= 11 is 0. The van der Waals surface area contributed by atoms with Gasteiger partial charge in [0.25, 0.3) is 0 Å². The van der Waals surface area contributed by atoms with Crippen molar-refractivity contribution >= 4 is 17.4 Å². The second-order valence-electron chi connectivity index (χ2n) is 4.36. The van der Waals surface area contributed by atoms with Crippen molar-refractivity contribution in [2.75, 3.05) is 17.2 Å². The zero-order valence-corrected chi connectivity index (χ0v) is 10.1. The van der Waals surface area contributed by atoms with Crippen molar-refractivity contribution in [2.45, 2.75) is 5.92 Å². The second-order valence-corrected chi connectivity index (χ2v) is 4.36. The summed E-state index contributed by atoms with van der Waals surface area (Å²) in [5.74, 6) is -0.839. The Kier molecular flexibility index (Phi) is 2.87. The van der Waals surface area contributed by atoms with Gasteiger partial charge in [0.15, 0.2) is 0 Å². The molecular weight excluding hydrogens is 245 g/mol. The number of rotatable bonds is 2. The van der Waals surface area contributed by atoms with Crippen molar-refractivity contribution in [3.05, 3.63) is 54.0 Å². The summed E-state index contributed by atoms with van der Waals surface area (Å²) in [7, 11) is 0. The third-order valence-corrected chi connectivity index (χ3v) is 3.12. The van der Waals surface area contributed by atoms with E-state index in [0.29, 0.717) is 6.54 Å². The van der Waals surface area contributed by atoms with Crippen molar-refractivity contribution in [1.82, 2.24) is 4.98 Å². The number of halogens is 1. The fraction of sp³-hybridized carbons (Fsp3) is 0.143. The highest BCUT2D eigenvalue weighted by Crippen LogP contribution is 2.31. The number of benzene rings is 1. The predicted octanol–water partition coefficient (Wildman–Crippen LogP) is 2.37. The van der Waals surface area contributed by atoms with Crippen molar-refractivity contribution in [3.8, 4) is 0 Å². The van der Waals surface area contributed by atoms with Crippen LogP contribution in [0.5, 0.6) is 0 Å². The molecule has 1 aromatic heterocycles. The minimum absolute atomic E-state index is 0.185. The SMILES string of the molecule is O=C(Nc1cccc(F)n1)C1CNc2ccccc21. The van der Waals surface area contributed by atoms with Crippen LogP contribution < -0.4 is 10.6 Å². The van der Waals surface area contributed by atoms with E-state index in [0.717, 1.165) is 11.3 Å². The van der Waals surface area contributed by atoms with Crippen molar-refractivity contribution in [3.63, 3.8) is 0 Å². The van der Waals surface area contributed by atoms with Gasteiger partial charge in [0, 0.05) is 12.2 Å². The number of nitrogens with zero attached hydrogens (tertiary/aromatic N) is 1. The Hall–Kier alpha value is -2.43. The molecule has 0 fully saturated rings. The smallest absolute Gasteiger partial charge is 0.234 e. The van der Waals surface area contributed by atoms with Crippen LogP contribution >= 0.6 is 0 Å². The molecule has 1 aromatic carbocycles. The monoisotopic (exact) mass is 257 g/mol. The van der Waals surface area contributed by atoms with E-state index in [1.54, 1.807) is 6.07 Å². The molecule has 3 rings (SSSR count). The van der Waals surface area contributed by atoms with E-state index in [2.05, 4.69) is 15.6 Å². The fourth-order valence-corrected chi connectivity index (χ4v) is 2.21. The number of hydrogen-bond donors (Lipinski definition) is 2. The predicted molar refractivity (Wildman–Crippen MR) is 70.5 cm³/mol. The topological polar surface area (TPSA) is 54.0 Å². The highest BCUT2D eigenvalue weighted by atomic mass is 19.1. The van der Waals surface area contributed by atoms with E-state index in [1.807, 2.05) is 24.3 Å². The molecule has 19 heavy (non-hydrogen) atoms. The van der Waals surface area contributed by atoms with Crippen LogP contribution in [0.2, 0.25) is 0 Å². The largest absolute Gasteiger partial charge is 0.384 e. The molecule has 0 bridgehead atoms. The van der Waals surface area contributed by atoms with E-state index >= 15 is 0 Å². The molecular formula is C14H12FN3O. The van der Waals surface area contributed by atoms with Gasteiger partial charge in [-0.1, -0.05) is 24.3 Å². The van der Waals surface area contributed by atoms with Crippen molar-refractivity contribution in [1.29, 1.82) is 0 Å². The summed E-state index contributed by atoms with van der Waals surface area (Å²) in [6.45, 7) is 0.542. The summed E-state index contributed by atoms with van der Waals surface area (Å²) in [4.78, 5) is 15.8. The Labute approximate surface area is 109 Å². The number of carbonyl (C=O) groups is 1. The molecule has 2 heterocycles. The standard InChI is InChI=1S/C14H12FN3O/c15-12-6-3-7-13(17-12)18-14(19)10-8-16-11-5-2-1-4-9(10)11/h1-7,10,16H,8H2,(H,17,18,19). The quantitative estimate of drug-likeness (QED) is 0.812. The lowest BCUT2D eigenvalue weighted by atomic mass is 10.0. The molecule has 0 aliphatic carbocycles. The van der Waals surface area contributed by atoms with Gasteiger partial charge in [-0.2, -0.15) is 4.39 Å². The average molecular weight is 257 g/mol. The van der Waals surface area contributed by atoms with Crippen LogP contribution in [0.4, 0.5) is 15.9 Å². The molecule has 1 aliphatic rings. The molecule has 2 aromatic rings. The van der Waals surface area contributed by atoms with Gasteiger partial charge >= 0.3 is 0 Å². The molecule has 1 aliphatic heterocycles. The van der Waals surface area contributed by atoms with Crippen LogP contribution in [0.25, 0.3) is 0 Å². The van der Waals surface area contributed by atoms with Crippen LogP contribution in [-0.4, -0.2) is 17.4 Å². The summed E-state index contributed by atoms with van der Waals surface area (Å²) in [6, 6.07) is 12.0. The number of aromatic nitrogens is 1. The summed E-state index contributed by atoms with van der Waals surface area (Å²) in [5, 5.41) is 5.81. The van der Waals surface area contributed by atoms with Gasteiger partial charge in [-0.3, -0.25) is 4.79 Å². The molecule has 1 unspecified atom stereocenters. The number of para-hydroxylation sites is 1. The first-order chi connectivity index (χ1) is 9.24. The Balaban J connectivity index is 1.79. The number of carbonyl (C=O) groups excluding carboxylic acids is 1. The van der Waals surface area contributed by atoms with Crippen molar-refractivity contribution in [2.24, 2.45) is 0 Å². The van der Waals surface area contributed by atoms with E-state index in [1.165, 1.54) is 12.1 Å². The lowest BCUT2D eigenvalue weighted by molar-refractivity contribution is -0.117. The highest BCUT2D eigenvalue weighted by Gasteiger charge is 2.28. The molecule has 1 atom stereocenters. The fourth-order valence-electron chi connectivity index (χ4n) is 2.21. The minimum atomic E-state index is -0.609. The third-order valence-electron chi connectivity index (χ3n) is 3.12. The summed E-state index contributed by atoms with van der Waals surface area (Å²) in [6.07, 6.45) is 0. The van der Waals surface area contributed by atoms with Gasteiger partial charge in [-0.25, -0.2) is 4.98 Å². The van der Waals surface area contributed by atoms with E-state index in [-0.39, 0.29) is 17.6 Å². The number of fused-ring (bicyclic) bond motifs is 1. The molecule has 2 N–H and O–H groups in total. The van der Waals surface area contributed by atoms with Crippen LogP contribution in [0.3, 0.4) is 0 Å². The van der Waals surface area contributed by atoms with Gasteiger partial charge in [0.1, 0.15) is 5.82 Å². The molecule has 5 heteroatoms. The zero-order chi connectivity index (χ0) is 13.2. The van der Waals surface area contributed by atoms with Gasteiger partial charge < -0.3 is 10.6 Å². The molecule has 1 amide bonds. The van der Waals surface area contributed by atoms with Crippen LogP contribution in [-0.2, 0) is 4.79 Å². The van der Waals surface area contributed by atoms with E-state index in [9.17, 15) is 9.18 Å². The van der Waals surface area contributed by atoms with E-state index in [4.69, 9.17) is 0 Å². The Morgan fingerprint density at radius 1 is 1.26 bits per heavy atom. The first-order valence-electron chi connectivity index (χ1n) is 6.00. The lowest BCUT2D eigenvalue weighted by Gasteiger charge is -2.10. The molecule has 4 nitrogen and oxygen atoms in total. The molecule has 0 spiro atoms. The Morgan fingerprint density at radius 2 is 2.11 bits per heavy atom. The number of hydrogen-bond acceptors (Lipinski definition) is 3. The average Bonchev–Trinajstić information content (AvgIpc) is 2.82. The Morgan fingerprint density at radius 3 is 2.95 bits per heavy atom. The van der Waals surface area contributed by atoms with Gasteiger partial charge in [-0.15, -0.1) is 0 Å². The van der Waals surface area contributed by atoms with Crippen LogP contribution in [0.1, 0.15) is 11.5 Å². The molecule has 96 valence electrons. The summed E-state index contributed by atoms with van der Waals surface area (Å²) < 4.78 is 13.0. The lowest BCUT2D eigenvalue weighted by Crippen LogP contribution is -2.23. The summed E-state index contributed by atoms with van der Waals surface area (Å²) in [5.41, 5.74) is 1.92. The van der Waals surface area contributed by atoms with Crippen molar-refractivity contribution < 1.29 is 9.18 Å². The second kappa shape index (κ2) is 4.68. The maximum Gasteiger partial charge on any atom is 0.234 e. The first-order valence-corrected chi connectivity index (χ1v) is 6.00. The molecule has 0 saturated carbocycles. The first kappa shape index (κ1) is 11.6. The Bertz CT molecular complexity index is 630. The number of anilines is 2. The minimum Gasteiger partial charge on any atom is -0.384 e. The van der Waals surface area contributed by atoms with Crippen LogP contribution in [0, 0.1) is 5.95 Å². The van der Waals surface area contributed by atoms with Gasteiger partial charge in [0.2, 0.25) is 11.9 Å². The van der Waals surface area contributed by atoms with Gasteiger partial charge in [0.05, 0.1) is 5.92 Å². The normalized spacial score (nSPS) is 16.6. The number of amides is 1. The molecule has 0 radical (unpaired) electrons. The van der Waals surface area contributed by atoms with E-state index < -0.39 is 5.95 Å². The third kappa shape index (κ3) is 2.27. The van der Waals surface area contributed by atoms with Crippen LogP contribution in [0.15, 0.2) is 42.5 Å². The maximum absolute atomic E-state index is 13.0. The zero-order valence-electron chi connectivity index (χ0n) is 10.1. The highest BCUT2D eigenvalue weighted by molar-refractivity contribution is 5.97.